The Bertz CT molecular complexity index is 3800. The van der Waals surface area contributed by atoms with Crippen molar-refractivity contribution in [3.8, 4) is 28.2 Å². The molecule has 0 aliphatic heterocycles. The zero-order valence-corrected chi connectivity index (χ0v) is 30.4. The molecule has 0 unspecified atom stereocenters. The maximum Gasteiger partial charge on any atom is 0.163 e. The monoisotopic (exact) mass is 727 g/mol. The van der Waals surface area contributed by atoms with E-state index in [0.29, 0.717) is 0 Å². The molecule has 0 atom stereocenters. The number of benzene rings is 9. The smallest absolute Gasteiger partial charge is 0.163 e. The van der Waals surface area contributed by atoms with E-state index >= 15 is 0 Å². The summed E-state index contributed by atoms with van der Waals surface area (Å²) in [6.45, 7) is 0. The molecule has 0 radical (unpaired) electrons. The third-order valence-corrected chi connectivity index (χ3v) is 11.7. The second-order valence-corrected chi connectivity index (χ2v) is 14.8. The van der Waals surface area contributed by atoms with E-state index in [0.717, 1.165) is 126 Å². The van der Waals surface area contributed by atoms with Crippen molar-refractivity contribution in [1.29, 1.82) is 0 Å². The molecular formula is C52H29N3O2. The molecule has 13 rings (SSSR count). The minimum atomic E-state index is 0.816. The number of hydrogen-bond acceptors (Lipinski definition) is 4. The van der Waals surface area contributed by atoms with E-state index in [1.165, 1.54) is 0 Å². The molecule has 13 aromatic rings. The van der Waals surface area contributed by atoms with Crippen LogP contribution >= 0.6 is 0 Å². The van der Waals surface area contributed by atoms with Gasteiger partial charge >= 0.3 is 0 Å². The lowest BCUT2D eigenvalue weighted by atomic mass is 9.98. The maximum atomic E-state index is 6.85. The fourth-order valence-electron chi connectivity index (χ4n) is 9.27. The number of para-hydroxylation sites is 3. The second kappa shape index (κ2) is 11.4. The molecule has 5 nitrogen and oxygen atoms in total. The van der Waals surface area contributed by atoms with Crippen LogP contribution in [0.4, 0.5) is 0 Å². The minimum absolute atomic E-state index is 0.816. The molecule has 4 heterocycles. The lowest BCUT2D eigenvalue weighted by molar-refractivity contribution is 0.664. The lowest BCUT2D eigenvalue weighted by Crippen LogP contribution is -1.97. The normalized spacial score (nSPS) is 12.2. The third kappa shape index (κ3) is 4.23. The van der Waals surface area contributed by atoms with Gasteiger partial charge in [0.2, 0.25) is 0 Å². The molecule has 0 fully saturated rings. The van der Waals surface area contributed by atoms with Crippen molar-refractivity contribution in [3.63, 3.8) is 0 Å². The Labute approximate surface area is 324 Å². The van der Waals surface area contributed by atoms with Crippen LogP contribution in [0.3, 0.4) is 0 Å². The molecule has 0 bridgehead atoms. The van der Waals surface area contributed by atoms with E-state index in [1.807, 2.05) is 30.3 Å². The molecule has 4 aromatic heterocycles. The van der Waals surface area contributed by atoms with Crippen LogP contribution in [0.1, 0.15) is 0 Å². The van der Waals surface area contributed by atoms with Gasteiger partial charge in [0.15, 0.2) is 5.58 Å². The molecule has 264 valence electrons. The van der Waals surface area contributed by atoms with E-state index in [9.17, 15) is 0 Å². The maximum absolute atomic E-state index is 6.85. The largest absolute Gasteiger partial charge is 0.455 e. The van der Waals surface area contributed by atoms with Gasteiger partial charge in [-0.1, -0.05) is 140 Å². The first-order valence-electron chi connectivity index (χ1n) is 19.2. The lowest BCUT2D eigenvalue weighted by Gasteiger charge is -2.14. The van der Waals surface area contributed by atoms with Crippen LogP contribution in [0.25, 0.3) is 126 Å². The van der Waals surface area contributed by atoms with E-state index in [4.69, 9.17) is 18.8 Å². The molecule has 9 aromatic carbocycles. The summed E-state index contributed by atoms with van der Waals surface area (Å²) in [6.07, 6.45) is 0. The van der Waals surface area contributed by atoms with Gasteiger partial charge in [0.05, 0.1) is 38.8 Å². The third-order valence-electron chi connectivity index (χ3n) is 11.7. The van der Waals surface area contributed by atoms with Gasteiger partial charge in [-0.3, -0.25) is 0 Å². The highest BCUT2D eigenvalue weighted by molar-refractivity contribution is 6.38. The highest BCUT2D eigenvalue weighted by atomic mass is 16.3. The van der Waals surface area contributed by atoms with Gasteiger partial charge in [-0.2, -0.15) is 0 Å². The van der Waals surface area contributed by atoms with Crippen molar-refractivity contribution >= 4 is 98.3 Å². The molecule has 0 aliphatic carbocycles. The van der Waals surface area contributed by atoms with Crippen molar-refractivity contribution in [2.45, 2.75) is 0 Å². The standard InChI is InChI=1S/C52H29N3O2/c1-3-13-31(14-4-1)47-48(32-15-5-2-6-16-32)54-49-39(53-47)28-25-30-23-24-33-29-34(26-27-35(33)43(30)49)55-40-20-10-7-17-36(40)44-45-37-18-8-11-21-41(37)56-51(45)46-38-19-9-12-22-42(38)57-52(46)50(44)55/h1-29H. The van der Waals surface area contributed by atoms with Crippen molar-refractivity contribution < 1.29 is 8.83 Å². The van der Waals surface area contributed by atoms with Crippen LogP contribution in [0.5, 0.6) is 0 Å². The molecule has 0 spiro atoms. The fourth-order valence-corrected chi connectivity index (χ4v) is 9.27. The van der Waals surface area contributed by atoms with Crippen molar-refractivity contribution in [2.75, 3.05) is 0 Å². The van der Waals surface area contributed by atoms with E-state index < -0.39 is 0 Å². The molecule has 0 saturated carbocycles. The average molecular weight is 728 g/mol. The van der Waals surface area contributed by atoms with Crippen LogP contribution in [0, 0.1) is 0 Å². The van der Waals surface area contributed by atoms with Gasteiger partial charge < -0.3 is 13.4 Å². The Morgan fingerprint density at radius 2 is 1.00 bits per heavy atom. The van der Waals surface area contributed by atoms with Crippen LogP contribution in [0.15, 0.2) is 185 Å². The first-order valence-corrected chi connectivity index (χ1v) is 19.2. The first-order chi connectivity index (χ1) is 28.3. The summed E-state index contributed by atoms with van der Waals surface area (Å²) in [6, 6.07) is 61.5. The van der Waals surface area contributed by atoms with Gasteiger partial charge in [0.1, 0.15) is 16.7 Å². The van der Waals surface area contributed by atoms with Crippen LogP contribution in [0.2, 0.25) is 0 Å². The number of fused-ring (bicyclic) bond motifs is 17. The van der Waals surface area contributed by atoms with E-state index in [-0.39, 0.29) is 0 Å². The second-order valence-electron chi connectivity index (χ2n) is 14.8. The van der Waals surface area contributed by atoms with Crippen LogP contribution < -0.4 is 0 Å². The molecule has 57 heavy (non-hydrogen) atoms. The summed E-state index contributed by atoms with van der Waals surface area (Å²) < 4.78 is 16.0. The predicted molar refractivity (Wildman–Crippen MR) is 234 cm³/mol. The van der Waals surface area contributed by atoms with Crippen molar-refractivity contribution in [2.24, 2.45) is 0 Å². The number of hydrogen-bond donors (Lipinski definition) is 0. The predicted octanol–water partition coefficient (Wildman–Crippen LogP) is 14.2. The average Bonchev–Trinajstić information content (AvgIpc) is 3.96. The first kappa shape index (κ1) is 30.6. The van der Waals surface area contributed by atoms with Gasteiger partial charge in [-0.05, 0) is 52.6 Å². The number of furan rings is 2. The van der Waals surface area contributed by atoms with Crippen molar-refractivity contribution in [1.82, 2.24) is 14.5 Å². The zero-order chi connectivity index (χ0) is 37.2. The number of aromatic nitrogens is 3. The van der Waals surface area contributed by atoms with E-state index in [2.05, 4.69) is 150 Å². The summed E-state index contributed by atoms with van der Waals surface area (Å²) in [5, 5.41) is 11.0. The van der Waals surface area contributed by atoms with Gasteiger partial charge in [-0.15, -0.1) is 0 Å². The Morgan fingerprint density at radius 3 is 1.75 bits per heavy atom. The van der Waals surface area contributed by atoms with Gasteiger partial charge in [0.25, 0.3) is 0 Å². The molecule has 0 saturated heterocycles. The summed E-state index contributed by atoms with van der Waals surface area (Å²) in [7, 11) is 0. The highest BCUT2D eigenvalue weighted by Crippen LogP contribution is 2.49. The van der Waals surface area contributed by atoms with Crippen LogP contribution in [-0.4, -0.2) is 14.5 Å². The van der Waals surface area contributed by atoms with Gasteiger partial charge in [0, 0.05) is 49.1 Å². The minimum Gasteiger partial charge on any atom is -0.455 e. The van der Waals surface area contributed by atoms with E-state index in [1.54, 1.807) is 0 Å². The molecular weight excluding hydrogens is 699 g/mol. The molecule has 0 N–H and O–H groups in total. The Morgan fingerprint density at radius 1 is 0.404 bits per heavy atom. The SMILES string of the molecule is c1ccc(-c2nc3ccc4ccc5cc(-n6c7ccccc7c7c8c9ccccc9oc8c8c9ccccc9oc8c76)ccc5c4c3nc2-c2ccccc2)cc1. The Kier molecular flexibility index (Phi) is 6.10. The number of nitrogens with zero attached hydrogens (tertiary/aromatic N) is 3. The fraction of sp³-hybridized carbons (Fsp3) is 0. The van der Waals surface area contributed by atoms with Crippen LogP contribution in [-0.2, 0) is 0 Å². The quantitative estimate of drug-likeness (QED) is 0.170. The number of rotatable bonds is 3. The zero-order valence-electron chi connectivity index (χ0n) is 30.4. The van der Waals surface area contributed by atoms with Gasteiger partial charge in [-0.25, -0.2) is 9.97 Å². The molecule has 0 aliphatic rings. The summed E-state index contributed by atoms with van der Waals surface area (Å²) in [4.78, 5) is 10.8. The highest BCUT2D eigenvalue weighted by Gasteiger charge is 2.26. The molecule has 5 heteroatoms. The molecule has 0 amide bonds. The summed E-state index contributed by atoms with van der Waals surface area (Å²) in [5.41, 5.74) is 12.1. The van der Waals surface area contributed by atoms with Crippen molar-refractivity contribution in [3.05, 3.63) is 176 Å². The summed E-state index contributed by atoms with van der Waals surface area (Å²) in [5.74, 6) is 0. The Hall–Kier alpha value is -7.76. The topological polar surface area (TPSA) is 57.0 Å². The Balaban J connectivity index is 1.13. The summed E-state index contributed by atoms with van der Waals surface area (Å²) >= 11 is 0.